The molecule has 7 heteroatoms. The number of carboxylic acid groups (broad SMARTS) is 1. The molecule has 0 radical (unpaired) electrons. The van der Waals surface area contributed by atoms with Gasteiger partial charge in [0, 0.05) is 17.5 Å². The van der Waals surface area contributed by atoms with Gasteiger partial charge in [0.15, 0.2) is 5.78 Å². The monoisotopic (exact) mass is 687 g/mol. The minimum absolute atomic E-state index is 0.0165. The molecule has 0 aromatic heterocycles. The molecule has 1 aromatic carbocycles. The Kier molecular flexibility index (Phi) is 8.87. The minimum atomic E-state index is -1.17. The van der Waals surface area contributed by atoms with Gasteiger partial charge in [0.2, 0.25) is 5.91 Å². The number of para-hydroxylation sites is 1. The Morgan fingerprint density at radius 1 is 0.920 bits per heavy atom. The Labute approximate surface area is 299 Å². The second kappa shape index (κ2) is 12.0. The first-order valence-corrected chi connectivity index (χ1v) is 19.2. The number of esters is 1. The molecular weight excluding hydrogens is 626 g/mol. The fraction of sp³-hybridized carbons (Fsp3) is 0.721. The minimum Gasteiger partial charge on any atom is -0.481 e. The Balaban J connectivity index is 1.31. The van der Waals surface area contributed by atoms with E-state index >= 15 is 0 Å². The van der Waals surface area contributed by atoms with Crippen LogP contribution in [0, 0.1) is 63.1 Å². The van der Waals surface area contributed by atoms with Crippen molar-refractivity contribution in [1.82, 2.24) is 0 Å². The Bertz CT molecular complexity index is 1640. The summed E-state index contributed by atoms with van der Waals surface area (Å²) in [7, 11) is 0. The van der Waals surface area contributed by atoms with Gasteiger partial charge in [-0.3, -0.25) is 19.2 Å². The average molecular weight is 688 g/mol. The molecule has 5 aliphatic rings. The van der Waals surface area contributed by atoms with Gasteiger partial charge in [-0.05, 0) is 135 Å². The third-order valence-corrected chi connectivity index (χ3v) is 15.6. The van der Waals surface area contributed by atoms with Crippen LogP contribution in [0.3, 0.4) is 0 Å². The van der Waals surface area contributed by atoms with Crippen LogP contribution in [0.2, 0.25) is 0 Å². The number of aryl methyl sites for hydroxylation is 1. The number of hydrogen-bond acceptors (Lipinski definition) is 5. The molecule has 0 saturated heterocycles. The molecule has 1 aromatic rings. The van der Waals surface area contributed by atoms with Crippen molar-refractivity contribution in [3.05, 3.63) is 41.0 Å². The summed E-state index contributed by atoms with van der Waals surface area (Å²) in [4.78, 5) is 53.3. The zero-order valence-corrected chi connectivity index (χ0v) is 32.3. The number of carbonyl (C=O) groups excluding carboxylic acids is 3. The molecule has 0 aliphatic heterocycles. The summed E-state index contributed by atoms with van der Waals surface area (Å²) in [6.45, 7) is 21.5. The van der Waals surface area contributed by atoms with Crippen LogP contribution in [-0.2, 0) is 23.9 Å². The first-order valence-electron chi connectivity index (χ1n) is 19.2. The van der Waals surface area contributed by atoms with Crippen LogP contribution in [0.5, 0.6) is 0 Å². The SMILES string of the molecule is Cc1ccccc1NC(=O)[C@@]12CC[C@]3(C)[C@H](CCC4[C@@]5(C)CC[C@H](OC(=O)CC(C)(C)C(=O)O)C(C)(C)C5CC[C@]43C)C1=C(C(C)C)C(=O)C2. The maximum atomic E-state index is 14.5. The average Bonchev–Trinajstić information content (AvgIpc) is 3.33. The summed E-state index contributed by atoms with van der Waals surface area (Å²) in [5.41, 5.74) is 1.69. The van der Waals surface area contributed by atoms with Gasteiger partial charge in [-0.15, -0.1) is 0 Å². The molecule has 4 saturated carbocycles. The molecular formula is C43H61NO6. The van der Waals surface area contributed by atoms with Crippen LogP contribution < -0.4 is 5.32 Å². The Morgan fingerprint density at radius 3 is 2.24 bits per heavy atom. The first-order chi connectivity index (χ1) is 23.2. The number of Topliss-reactive ketones (excluding diaryl/α,β-unsaturated/α-hetero) is 1. The highest BCUT2D eigenvalue weighted by molar-refractivity contribution is 6.10. The predicted molar refractivity (Wildman–Crippen MR) is 195 cm³/mol. The molecule has 2 N–H and O–H groups in total. The van der Waals surface area contributed by atoms with Gasteiger partial charge in [-0.2, -0.15) is 0 Å². The molecule has 4 fully saturated rings. The second-order valence-corrected chi connectivity index (χ2v) is 19.3. The molecule has 6 rings (SSSR count). The van der Waals surface area contributed by atoms with E-state index in [1.54, 1.807) is 13.8 Å². The highest BCUT2D eigenvalue weighted by Crippen LogP contribution is 2.76. The lowest BCUT2D eigenvalue weighted by Crippen LogP contribution is -2.66. The lowest BCUT2D eigenvalue weighted by Gasteiger charge is -2.72. The Hall–Kier alpha value is -2.96. The number of carboxylic acids is 1. The quantitative estimate of drug-likeness (QED) is 0.277. The summed E-state index contributed by atoms with van der Waals surface area (Å²) < 4.78 is 6.15. The molecule has 2 unspecified atom stereocenters. The summed E-state index contributed by atoms with van der Waals surface area (Å²) in [6, 6.07) is 7.90. The molecule has 274 valence electrons. The number of amides is 1. The van der Waals surface area contributed by atoms with Crippen molar-refractivity contribution in [2.45, 2.75) is 140 Å². The summed E-state index contributed by atoms with van der Waals surface area (Å²) in [6.07, 6.45) is 7.33. The molecule has 0 bridgehead atoms. The van der Waals surface area contributed by atoms with Gasteiger partial charge in [-0.1, -0.05) is 66.7 Å². The molecule has 0 heterocycles. The number of aliphatic carboxylic acids is 1. The number of benzene rings is 1. The largest absolute Gasteiger partial charge is 0.481 e. The zero-order valence-electron chi connectivity index (χ0n) is 32.3. The summed E-state index contributed by atoms with van der Waals surface area (Å²) >= 11 is 0. The van der Waals surface area contributed by atoms with Crippen LogP contribution in [0.25, 0.3) is 0 Å². The number of ether oxygens (including phenoxy) is 1. The molecule has 8 atom stereocenters. The van der Waals surface area contributed by atoms with Crippen LogP contribution in [0.1, 0.15) is 132 Å². The molecule has 7 nitrogen and oxygen atoms in total. The highest BCUT2D eigenvalue weighted by Gasteiger charge is 2.71. The molecule has 0 spiro atoms. The number of ketones is 1. The van der Waals surface area contributed by atoms with E-state index < -0.39 is 22.8 Å². The van der Waals surface area contributed by atoms with Gasteiger partial charge < -0.3 is 15.2 Å². The van der Waals surface area contributed by atoms with E-state index in [2.05, 4.69) is 53.8 Å². The smallest absolute Gasteiger partial charge is 0.309 e. The van der Waals surface area contributed by atoms with Crippen molar-refractivity contribution in [2.24, 2.45) is 56.2 Å². The van der Waals surface area contributed by atoms with Crippen LogP contribution in [-0.4, -0.2) is 34.8 Å². The molecule has 5 aliphatic carbocycles. The topological polar surface area (TPSA) is 110 Å². The third kappa shape index (κ3) is 5.25. The first kappa shape index (κ1) is 36.8. The number of fused-ring (bicyclic) bond motifs is 7. The van der Waals surface area contributed by atoms with Gasteiger partial charge in [0.25, 0.3) is 0 Å². The van der Waals surface area contributed by atoms with Crippen molar-refractivity contribution >= 4 is 29.3 Å². The summed E-state index contributed by atoms with van der Waals surface area (Å²) in [5.74, 6) is -0.228. The van der Waals surface area contributed by atoms with Gasteiger partial charge in [0.1, 0.15) is 6.10 Å². The second-order valence-electron chi connectivity index (χ2n) is 19.3. The number of allylic oxidation sites excluding steroid dienone is 1. The van der Waals surface area contributed by atoms with Crippen LogP contribution in [0.15, 0.2) is 35.4 Å². The maximum Gasteiger partial charge on any atom is 0.309 e. The van der Waals surface area contributed by atoms with Crippen molar-refractivity contribution in [2.75, 3.05) is 5.32 Å². The van der Waals surface area contributed by atoms with Crippen LogP contribution >= 0.6 is 0 Å². The van der Waals surface area contributed by atoms with Crippen LogP contribution in [0.4, 0.5) is 5.69 Å². The van der Waals surface area contributed by atoms with Crippen molar-refractivity contribution in [3.8, 4) is 0 Å². The van der Waals surface area contributed by atoms with E-state index in [-0.39, 0.29) is 64.1 Å². The lowest BCUT2D eigenvalue weighted by molar-refractivity contribution is -0.233. The fourth-order valence-electron chi connectivity index (χ4n) is 12.7. The standard InChI is InChI=1S/C43H61NO6/c1-25(2)34-29(45)23-43(36(47)44-28-14-12-11-13-26(28)3)22-21-41(9)27(35(34)43)15-16-31-40(8)19-18-32(50-33(46)24-38(4,5)37(48)49)39(6,7)30(40)17-20-42(31,41)10/h11-14,25,27,30-32H,15-24H2,1-10H3,(H,44,47)(H,48,49)/t27-,30?,31?,32+,40+,41-,42-,43-/m1/s1. The van der Waals surface area contributed by atoms with Crippen molar-refractivity contribution in [1.29, 1.82) is 0 Å². The number of nitrogens with one attached hydrogen (secondary N) is 1. The Morgan fingerprint density at radius 2 is 1.60 bits per heavy atom. The van der Waals surface area contributed by atoms with Gasteiger partial charge in [0.05, 0.1) is 17.3 Å². The number of hydrogen-bond donors (Lipinski definition) is 2. The number of carbonyl (C=O) groups is 4. The maximum absolute atomic E-state index is 14.5. The van der Waals surface area contributed by atoms with Crippen molar-refractivity contribution in [3.63, 3.8) is 0 Å². The van der Waals surface area contributed by atoms with E-state index in [9.17, 15) is 24.3 Å². The van der Waals surface area contributed by atoms with Crippen molar-refractivity contribution < 1.29 is 29.0 Å². The lowest BCUT2D eigenvalue weighted by atomic mass is 9.33. The molecule has 50 heavy (non-hydrogen) atoms. The van der Waals surface area contributed by atoms with E-state index in [1.807, 2.05) is 31.2 Å². The van der Waals surface area contributed by atoms with Gasteiger partial charge >= 0.3 is 11.9 Å². The van der Waals surface area contributed by atoms with E-state index in [0.717, 1.165) is 67.3 Å². The fourth-order valence-corrected chi connectivity index (χ4v) is 12.7. The third-order valence-electron chi connectivity index (χ3n) is 15.6. The molecule has 1 amide bonds. The van der Waals surface area contributed by atoms with E-state index in [0.29, 0.717) is 18.3 Å². The number of rotatable bonds is 7. The predicted octanol–water partition coefficient (Wildman–Crippen LogP) is 9.33. The summed E-state index contributed by atoms with van der Waals surface area (Å²) in [5, 5.41) is 12.9. The highest BCUT2D eigenvalue weighted by atomic mass is 16.5. The normalized spacial score (nSPS) is 37.7. The van der Waals surface area contributed by atoms with E-state index in [1.165, 1.54) is 0 Å². The zero-order chi connectivity index (χ0) is 36.8. The van der Waals surface area contributed by atoms with E-state index in [4.69, 9.17) is 4.74 Å². The number of anilines is 1. The van der Waals surface area contributed by atoms with Gasteiger partial charge in [-0.25, -0.2) is 0 Å².